The Balaban J connectivity index is 2.77. The summed E-state index contributed by atoms with van der Waals surface area (Å²) in [4.78, 5) is 6.47. The Kier molecular flexibility index (Phi) is 4.39. The first-order chi connectivity index (χ1) is 7.04. The molecule has 0 radical (unpaired) electrons. The van der Waals surface area contributed by atoms with Gasteiger partial charge in [0.1, 0.15) is 5.82 Å². The third-order valence-electron chi connectivity index (χ3n) is 2.49. The molecule has 15 heavy (non-hydrogen) atoms. The largest absolute Gasteiger partial charge is 0.397 e. The minimum absolute atomic E-state index is 0.668. The van der Waals surface area contributed by atoms with Crippen molar-refractivity contribution in [2.24, 2.45) is 5.92 Å². The van der Waals surface area contributed by atoms with Crippen molar-refractivity contribution in [2.75, 3.05) is 24.2 Å². The molecular weight excluding hydrogens is 254 g/mol. The fraction of sp³-hybridized carbons (Fsp3) is 0.545. The third kappa shape index (κ3) is 3.38. The van der Waals surface area contributed by atoms with Gasteiger partial charge in [-0.15, -0.1) is 0 Å². The normalized spacial score (nSPS) is 12.5. The van der Waals surface area contributed by atoms with Crippen molar-refractivity contribution in [1.29, 1.82) is 0 Å². The van der Waals surface area contributed by atoms with E-state index in [4.69, 9.17) is 5.73 Å². The van der Waals surface area contributed by atoms with Crippen LogP contribution < -0.4 is 10.6 Å². The van der Waals surface area contributed by atoms with Crippen LogP contribution in [0.3, 0.4) is 0 Å². The molecule has 0 saturated carbocycles. The molecule has 0 bridgehead atoms. The lowest BCUT2D eigenvalue weighted by Crippen LogP contribution is -2.24. The van der Waals surface area contributed by atoms with Gasteiger partial charge >= 0.3 is 0 Å². The van der Waals surface area contributed by atoms with Gasteiger partial charge in [-0.25, -0.2) is 4.98 Å². The maximum Gasteiger partial charge on any atom is 0.142 e. The summed E-state index contributed by atoms with van der Waals surface area (Å²) in [7, 11) is 2.05. The molecule has 0 aliphatic rings. The maximum absolute atomic E-state index is 5.64. The minimum Gasteiger partial charge on any atom is -0.397 e. The standard InChI is InChI=1S/C11H18BrN3/c1-4-8(2)7-15(3)11-10(12)5-9(13)6-14-11/h5-6,8H,4,7,13H2,1-3H3. The van der Waals surface area contributed by atoms with Crippen LogP contribution >= 0.6 is 15.9 Å². The first-order valence-corrected chi connectivity index (χ1v) is 5.96. The fourth-order valence-electron chi connectivity index (χ4n) is 1.41. The van der Waals surface area contributed by atoms with E-state index in [2.05, 4.69) is 46.7 Å². The quantitative estimate of drug-likeness (QED) is 0.916. The highest BCUT2D eigenvalue weighted by Crippen LogP contribution is 2.25. The number of halogens is 1. The second-order valence-electron chi connectivity index (χ2n) is 3.97. The number of pyridine rings is 1. The van der Waals surface area contributed by atoms with Crippen LogP contribution in [0.25, 0.3) is 0 Å². The second-order valence-corrected chi connectivity index (χ2v) is 4.82. The predicted molar refractivity (Wildman–Crippen MR) is 69.1 cm³/mol. The van der Waals surface area contributed by atoms with Crippen molar-refractivity contribution in [1.82, 2.24) is 4.98 Å². The van der Waals surface area contributed by atoms with Crippen LogP contribution in [0.5, 0.6) is 0 Å². The molecule has 1 unspecified atom stereocenters. The van der Waals surface area contributed by atoms with Crippen LogP contribution in [-0.4, -0.2) is 18.6 Å². The van der Waals surface area contributed by atoms with Crippen LogP contribution in [0.15, 0.2) is 16.7 Å². The zero-order valence-electron chi connectivity index (χ0n) is 9.50. The summed E-state index contributed by atoms with van der Waals surface area (Å²) in [6.07, 6.45) is 2.87. The van der Waals surface area contributed by atoms with Gasteiger partial charge in [0.25, 0.3) is 0 Å². The molecule has 0 amide bonds. The predicted octanol–water partition coefficient (Wildman–Crippen LogP) is 2.91. The molecule has 1 aromatic heterocycles. The van der Waals surface area contributed by atoms with E-state index in [1.807, 2.05) is 6.07 Å². The average Bonchev–Trinajstić information content (AvgIpc) is 2.17. The highest BCUT2D eigenvalue weighted by molar-refractivity contribution is 9.10. The monoisotopic (exact) mass is 271 g/mol. The third-order valence-corrected chi connectivity index (χ3v) is 3.07. The summed E-state index contributed by atoms with van der Waals surface area (Å²) < 4.78 is 0.952. The summed E-state index contributed by atoms with van der Waals surface area (Å²) in [5.41, 5.74) is 6.33. The molecule has 1 aromatic rings. The van der Waals surface area contributed by atoms with Gasteiger partial charge < -0.3 is 10.6 Å². The average molecular weight is 272 g/mol. The number of aromatic nitrogens is 1. The lowest BCUT2D eigenvalue weighted by Gasteiger charge is -2.22. The molecule has 0 aliphatic heterocycles. The van der Waals surface area contributed by atoms with E-state index in [9.17, 15) is 0 Å². The van der Waals surface area contributed by atoms with Crippen LogP contribution in [0.1, 0.15) is 20.3 Å². The lowest BCUT2D eigenvalue weighted by molar-refractivity contribution is 0.557. The molecule has 3 nitrogen and oxygen atoms in total. The number of rotatable bonds is 4. The van der Waals surface area contributed by atoms with Gasteiger partial charge in [0.15, 0.2) is 0 Å². The number of nitrogens with two attached hydrogens (primary N) is 1. The molecule has 1 atom stereocenters. The lowest BCUT2D eigenvalue weighted by atomic mass is 10.1. The van der Waals surface area contributed by atoms with Gasteiger partial charge in [-0.2, -0.15) is 0 Å². The van der Waals surface area contributed by atoms with Crippen molar-refractivity contribution >= 4 is 27.4 Å². The van der Waals surface area contributed by atoms with Crippen molar-refractivity contribution in [3.05, 3.63) is 16.7 Å². The molecule has 84 valence electrons. The minimum atomic E-state index is 0.668. The molecular formula is C11H18BrN3. The summed E-state index contributed by atoms with van der Waals surface area (Å²) in [5.74, 6) is 1.62. The Hall–Kier alpha value is -0.770. The maximum atomic E-state index is 5.64. The molecule has 0 spiro atoms. The summed E-state index contributed by atoms with van der Waals surface area (Å²) in [6, 6.07) is 1.88. The van der Waals surface area contributed by atoms with Crippen LogP contribution in [0.4, 0.5) is 11.5 Å². The molecule has 0 aromatic carbocycles. The van der Waals surface area contributed by atoms with E-state index in [0.717, 1.165) is 16.8 Å². The molecule has 0 aliphatic carbocycles. The van der Waals surface area contributed by atoms with E-state index < -0.39 is 0 Å². The Morgan fingerprint density at radius 1 is 1.60 bits per heavy atom. The highest BCUT2D eigenvalue weighted by Gasteiger charge is 2.10. The van der Waals surface area contributed by atoms with Crippen molar-refractivity contribution < 1.29 is 0 Å². The number of hydrogen-bond donors (Lipinski definition) is 1. The molecule has 1 heterocycles. The van der Waals surface area contributed by atoms with Gasteiger partial charge in [0.05, 0.1) is 16.4 Å². The van der Waals surface area contributed by atoms with E-state index in [0.29, 0.717) is 11.6 Å². The van der Waals surface area contributed by atoms with Gasteiger partial charge in [-0.05, 0) is 27.9 Å². The Bertz CT molecular complexity index is 328. The van der Waals surface area contributed by atoms with Crippen LogP contribution in [0, 0.1) is 5.92 Å². The first kappa shape index (κ1) is 12.3. The van der Waals surface area contributed by atoms with Crippen molar-refractivity contribution in [3.63, 3.8) is 0 Å². The Labute approximate surface area is 99.8 Å². The van der Waals surface area contributed by atoms with E-state index in [-0.39, 0.29) is 0 Å². The fourth-order valence-corrected chi connectivity index (χ4v) is 2.08. The number of anilines is 2. The summed E-state index contributed by atoms with van der Waals surface area (Å²) in [5, 5.41) is 0. The summed E-state index contributed by atoms with van der Waals surface area (Å²) >= 11 is 3.48. The van der Waals surface area contributed by atoms with Gasteiger partial charge in [-0.1, -0.05) is 20.3 Å². The van der Waals surface area contributed by atoms with Gasteiger partial charge in [0, 0.05) is 13.6 Å². The van der Waals surface area contributed by atoms with Crippen LogP contribution in [0.2, 0.25) is 0 Å². The van der Waals surface area contributed by atoms with E-state index >= 15 is 0 Å². The topological polar surface area (TPSA) is 42.2 Å². The molecule has 4 heteroatoms. The highest BCUT2D eigenvalue weighted by atomic mass is 79.9. The summed E-state index contributed by atoms with van der Waals surface area (Å²) in [6.45, 7) is 5.44. The zero-order valence-corrected chi connectivity index (χ0v) is 11.1. The second kappa shape index (κ2) is 5.35. The van der Waals surface area contributed by atoms with Crippen molar-refractivity contribution in [2.45, 2.75) is 20.3 Å². The Morgan fingerprint density at radius 2 is 2.27 bits per heavy atom. The molecule has 2 N–H and O–H groups in total. The van der Waals surface area contributed by atoms with E-state index in [1.165, 1.54) is 6.42 Å². The zero-order chi connectivity index (χ0) is 11.4. The van der Waals surface area contributed by atoms with E-state index in [1.54, 1.807) is 6.20 Å². The first-order valence-electron chi connectivity index (χ1n) is 5.16. The number of nitrogens with zero attached hydrogens (tertiary/aromatic N) is 2. The molecule has 1 rings (SSSR count). The van der Waals surface area contributed by atoms with Gasteiger partial charge in [-0.3, -0.25) is 0 Å². The molecule has 0 fully saturated rings. The number of hydrogen-bond acceptors (Lipinski definition) is 3. The van der Waals surface area contributed by atoms with Crippen LogP contribution in [-0.2, 0) is 0 Å². The smallest absolute Gasteiger partial charge is 0.142 e. The SMILES string of the molecule is CCC(C)CN(C)c1ncc(N)cc1Br. The molecule has 0 saturated heterocycles. The number of nitrogen functional groups attached to an aromatic ring is 1. The van der Waals surface area contributed by atoms with Gasteiger partial charge in [0.2, 0.25) is 0 Å². The Morgan fingerprint density at radius 3 is 2.80 bits per heavy atom. The van der Waals surface area contributed by atoms with Crippen molar-refractivity contribution in [3.8, 4) is 0 Å².